The second kappa shape index (κ2) is 10.4. The molecule has 8 heteroatoms. The molecule has 0 aliphatic heterocycles. The van der Waals surface area contributed by atoms with Crippen LogP contribution in [0, 0.1) is 13.8 Å². The SMILES string of the molecule is CC(=O)C[C@H](NC(=O)Nc1c(O)c(C)cn(Cc2ccccc2Cl)c1=O)c1ccc(C)cc1. The van der Waals surface area contributed by atoms with Crippen molar-refractivity contribution in [2.24, 2.45) is 0 Å². The van der Waals surface area contributed by atoms with Crippen LogP contribution < -0.4 is 16.2 Å². The quantitative estimate of drug-likeness (QED) is 0.468. The molecule has 0 saturated carbocycles. The predicted octanol–water partition coefficient (Wildman–Crippen LogP) is 4.71. The molecule has 2 amide bonds. The number of nitrogens with zero attached hydrogens (tertiary/aromatic N) is 1. The van der Waals surface area contributed by atoms with Crippen molar-refractivity contribution in [3.05, 3.63) is 92.4 Å². The Kier molecular flexibility index (Phi) is 7.55. The van der Waals surface area contributed by atoms with Crippen molar-refractivity contribution in [3.63, 3.8) is 0 Å². The highest BCUT2D eigenvalue weighted by atomic mass is 35.5. The third-order valence-electron chi connectivity index (χ3n) is 5.25. The van der Waals surface area contributed by atoms with Crippen LogP contribution in [0.1, 0.15) is 41.6 Å². The summed E-state index contributed by atoms with van der Waals surface area (Å²) >= 11 is 6.22. The van der Waals surface area contributed by atoms with Crippen LogP contribution in [0.2, 0.25) is 5.02 Å². The van der Waals surface area contributed by atoms with Crippen LogP contribution >= 0.6 is 11.6 Å². The number of carbonyl (C=O) groups is 2. The molecular weight excluding hydrogens is 442 g/mol. The van der Waals surface area contributed by atoms with Gasteiger partial charge in [0.15, 0.2) is 5.69 Å². The van der Waals surface area contributed by atoms with Crippen LogP contribution in [0.3, 0.4) is 0 Å². The molecule has 0 unspecified atom stereocenters. The van der Waals surface area contributed by atoms with Gasteiger partial charge in [0.2, 0.25) is 0 Å². The van der Waals surface area contributed by atoms with Gasteiger partial charge < -0.3 is 20.3 Å². The van der Waals surface area contributed by atoms with Crippen molar-refractivity contribution in [3.8, 4) is 5.75 Å². The van der Waals surface area contributed by atoms with Crippen LogP contribution in [0.4, 0.5) is 10.5 Å². The highest BCUT2D eigenvalue weighted by Gasteiger charge is 2.20. The molecule has 0 radical (unpaired) electrons. The van der Waals surface area contributed by atoms with E-state index in [9.17, 15) is 19.5 Å². The van der Waals surface area contributed by atoms with E-state index in [0.29, 0.717) is 10.6 Å². The number of rotatable bonds is 7. The van der Waals surface area contributed by atoms with Crippen LogP contribution in [0.5, 0.6) is 5.75 Å². The van der Waals surface area contributed by atoms with E-state index in [4.69, 9.17) is 11.6 Å². The number of hydrogen-bond donors (Lipinski definition) is 3. The summed E-state index contributed by atoms with van der Waals surface area (Å²) in [5.74, 6) is -0.412. The van der Waals surface area contributed by atoms with Gasteiger partial charge >= 0.3 is 6.03 Å². The molecule has 2 aromatic carbocycles. The Morgan fingerprint density at radius 3 is 2.39 bits per heavy atom. The van der Waals surface area contributed by atoms with Crippen LogP contribution in [0.15, 0.2) is 59.5 Å². The minimum absolute atomic E-state index is 0.0903. The lowest BCUT2D eigenvalue weighted by atomic mass is 10.0. The molecule has 0 bridgehead atoms. The van der Waals surface area contributed by atoms with Crippen LogP contribution in [-0.2, 0) is 11.3 Å². The first-order valence-electron chi connectivity index (χ1n) is 10.5. The largest absolute Gasteiger partial charge is 0.505 e. The topological polar surface area (TPSA) is 100 Å². The van der Waals surface area contributed by atoms with Crippen molar-refractivity contribution in [1.82, 2.24) is 9.88 Å². The first-order chi connectivity index (χ1) is 15.7. The zero-order valence-corrected chi connectivity index (χ0v) is 19.4. The average molecular weight is 468 g/mol. The number of ketones is 1. The van der Waals surface area contributed by atoms with E-state index < -0.39 is 17.6 Å². The first-order valence-corrected chi connectivity index (χ1v) is 10.8. The molecule has 0 fully saturated rings. The molecule has 1 heterocycles. The van der Waals surface area contributed by atoms with E-state index in [1.807, 2.05) is 37.3 Å². The maximum Gasteiger partial charge on any atom is 0.319 e. The van der Waals surface area contributed by atoms with Crippen LogP contribution in [-0.4, -0.2) is 21.5 Å². The van der Waals surface area contributed by atoms with E-state index >= 15 is 0 Å². The Bertz CT molecular complexity index is 1240. The van der Waals surface area contributed by atoms with Gasteiger partial charge in [-0.3, -0.25) is 9.59 Å². The summed E-state index contributed by atoms with van der Waals surface area (Å²) in [6, 6.07) is 13.3. The molecule has 1 aromatic heterocycles. The standard InChI is InChI=1S/C25H26ClN3O4/c1-15-8-10-18(11-9-15)21(12-17(3)30)27-25(33)28-22-23(31)16(2)13-29(24(22)32)14-19-6-4-5-7-20(19)26/h4-11,13,21,31H,12,14H2,1-3H3,(H2,27,28,33)/t21-/m0/s1. The number of nitrogens with one attached hydrogen (secondary N) is 2. The van der Waals surface area contributed by atoms with Gasteiger partial charge in [0.1, 0.15) is 11.5 Å². The lowest BCUT2D eigenvalue weighted by Crippen LogP contribution is -2.36. The van der Waals surface area contributed by atoms with Gasteiger partial charge in [-0.25, -0.2) is 4.79 Å². The predicted molar refractivity (Wildman–Crippen MR) is 129 cm³/mol. The third-order valence-corrected chi connectivity index (χ3v) is 5.62. The summed E-state index contributed by atoms with van der Waals surface area (Å²) in [6.45, 7) is 5.19. The number of urea groups is 1. The molecule has 3 N–H and O–H groups in total. The summed E-state index contributed by atoms with van der Waals surface area (Å²) in [5, 5.41) is 16.2. The molecule has 0 aliphatic carbocycles. The smallest absolute Gasteiger partial charge is 0.319 e. The van der Waals surface area contributed by atoms with Gasteiger partial charge in [-0.1, -0.05) is 59.6 Å². The molecule has 0 aliphatic rings. The monoisotopic (exact) mass is 467 g/mol. The second-order valence-corrected chi connectivity index (χ2v) is 8.44. The summed E-state index contributed by atoms with van der Waals surface area (Å²) < 4.78 is 1.37. The highest BCUT2D eigenvalue weighted by Crippen LogP contribution is 2.25. The molecule has 7 nitrogen and oxygen atoms in total. The molecule has 33 heavy (non-hydrogen) atoms. The molecule has 0 spiro atoms. The van der Waals surface area contributed by atoms with E-state index in [1.165, 1.54) is 17.7 Å². The zero-order chi connectivity index (χ0) is 24.1. The average Bonchev–Trinajstić information content (AvgIpc) is 2.76. The highest BCUT2D eigenvalue weighted by molar-refractivity contribution is 6.31. The Labute approximate surface area is 197 Å². The normalized spacial score (nSPS) is 11.6. The number of amides is 2. The van der Waals surface area contributed by atoms with Crippen molar-refractivity contribution < 1.29 is 14.7 Å². The molecular formula is C25H26ClN3O4. The summed E-state index contributed by atoms with van der Waals surface area (Å²) in [5.41, 5.74) is 2.12. The van der Waals surface area contributed by atoms with Gasteiger partial charge in [0, 0.05) is 23.2 Å². The lowest BCUT2D eigenvalue weighted by molar-refractivity contribution is -0.117. The lowest BCUT2D eigenvalue weighted by Gasteiger charge is -2.19. The van der Waals surface area contributed by atoms with E-state index in [1.54, 1.807) is 25.1 Å². The maximum absolute atomic E-state index is 13.0. The molecule has 172 valence electrons. The second-order valence-electron chi connectivity index (χ2n) is 8.03. The summed E-state index contributed by atoms with van der Waals surface area (Å²) in [7, 11) is 0. The number of Topliss-reactive ketones (excluding diaryl/α,β-unsaturated/α-hetero) is 1. The van der Waals surface area contributed by atoms with Gasteiger partial charge in [-0.2, -0.15) is 0 Å². The molecule has 1 atom stereocenters. The van der Waals surface area contributed by atoms with Crippen molar-refractivity contribution in [2.75, 3.05) is 5.32 Å². The minimum atomic E-state index is -0.705. The fourth-order valence-corrected chi connectivity index (χ4v) is 3.68. The summed E-state index contributed by atoms with van der Waals surface area (Å²) in [6.07, 6.45) is 1.60. The number of aryl methyl sites for hydroxylation is 2. The molecule has 3 rings (SSSR count). The fourth-order valence-electron chi connectivity index (χ4n) is 3.48. The molecule has 3 aromatic rings. The molecule has 0 saturated heterocycles. The number of hydrogen-bond acceptors (Lipinski definition) is 4. The van der Waals surface area contributed by atoms with E-state index in [-0.39, 0.29) is 30.2 Å². The first kappa shape index (κ1) is 24.1. The van der Waals surface area contributed by atoms with Gasteiger partial charge in [0.25, 0.3) is 5.56 Å². The van der Waals surface area contributed by atoms with Gasteiger partial charge in [0.05, 0.1) is 12.6 Å². The van der Waals surface area contributed by atoms with E-state index in [0.717, 1.165) is 16.7 Å². The summed E-state index contributed by atoms with van der Waals surface area (Å²) in [4.78, 5) is 37.6. The number of anilines is 1. The Morgan fingerprint density at radius 1 is 1.09 bits per heavy atom. The number of aromatic hydroxyl groups is 1. The van der Waals surface area contributed by atoms with Crippen LogP contribution in [0.25, 0.3) is 0 Å². The Hall–Kier alpha value is -3.58. The third kappa shape index (κ3) is 6.02. The number of halogens is 1. The fraction of sp³-hybridized carbons (Fsp3) is 0.240. The van der Waals surface area contributed by atoms with Crippen molar-refractivity contribution in [1.29, 1.82) is 0 Å². The number of benzene rings is 2. The Balaban J connectivity index is 1.86. The Morgan fingerprint density at radius 2 is 1.76 bits per heavy atom. The maximum atomic E-state index is 13.0. The van der Waals surface area contributed by atoms with E-state index in [2.05, 4.69) is 10.6 Å². The van der Waals surface area contributed by atoms with Gasteiger partial charge in [-0.15, -0.1) is 0 Å². The zero-order valence-electron chi connectivity index (χ0n) is 18.7. The number of aromatic nitrogens is 1. The van der Waals surface area contributed by atoms with Crippen molar-refractivity contribution in [2.45, 2.75) is 39.8 Å². The minimum Gasteiger partial charge on any atom is -0.505 e. The number of carbonyl (C=O) groups excluding carboxylic acids is 2. The van der Waals surface area contributed by atoms with Crippen molar-refractivity contribution >= 4 is 29.1 Å². The van der Waals surface area contributed by atoms with Gasteiger partial charge in [-0.05, 0) is 38.0 Å². The number of pyridine rings is 1.